The standard InChI is InChI=1S/C16H25NS/c1-12-4-3-5-15(11-12)18-16-7-6-13(2)10-14(16)8-9-17/h6-7,10,12,15H,3-5,8-9,11,17H2,1-2H3. The highest BCUT2D eigenvalue weighted by Crippen LogP contribution is 2.37. The van der Waals surface area contributed by atoms with E-state index in [-0.39, 0.29) is 0 Å². The van der Waals surface area contributed by atoms with Gasteiger partial charge >= 0.3 is 0 Å². The summed E-state index contributed by atoms with van der Waals surface area (Å²) in [5, 5.41) is 0.813. The third-order valence-corrected chi connectivity index (χ3v) is 5.23. The van der Waals surface area contributed by atoms with Gasteiger partial charge in [-0.2, -0.15) is 0 Å². The molecule has 100 valence electrons. The summed E-state index contributed by atoms with van der Waals surface area (Å²) < 4.78 is 0. The predicted molar refractivity (Wildman–Crippen MR) is 81.2 cm³/mol. The third-order valence-electron chi connectivity index (χ3n) is 3.81. The molecule has 2 rings (SSSR count). The van der Waals surface area contributed by atoms with Crippen LogP contribution in [0, 0.1) is 12.8 Å². The zero-order chi connectivity index (χ0) is 13.0. The van der Waals surface area contributed by atoms with E-state index in [0.29, 0.717) is 0 Å². The zero-order valence-corrected chi connectivity index (χ0v) is 12.4. The number of hydrogen-bond acceptors (Lipinski definition) is 2. The average Bonchev–Trinajstić information content (AvgIpc) is 2.33. The fraction of sp³-hybridized carbons (Fsp3) is 0.625. The Morgan fingerprint density at radius 2 is 2.17 bits per heavy atom. The molecule has 1 nitrogen and oxygen atoms in total. The van der Waals surface area contributed by atoms with Crippen LogP contribution in [0.15, 0.2) is 23.1 Å². The Labute approximate surface area is 116 Å². The Morgan fingerprint density at radius 3 is 2.89 bits per heavy atom. The molecule has 2 heteroatoms. The maximum absolute atomic E-state index is 5.73. The maximum Gasteiger partial charge on any atom is 0.0107 e. The Morgan fingerprint density at radius 1 is 1.33 bits per heavy atom. The molecule has 1 aromatic rings. The van der Waals surface area contributed by atoms with Gasteiger partial charge in [-0.15, -0.1) is 11.8 Å². The van der Waals surface area contributed by atoms with Crippen LogP contribution in [0.25, 0.3) is 0 Å². The van der Waals surface area contributed by atoms with Gasteiger partial charge in [0.1, 0.15) is 0 Å². The lowest BCUT2D eigenvalue weighted by molar-refractivity contribution is 0.394. The molecule has 18 heavy (non-hydrogen) atoms. The molecule has 0 aliphatic heterocycles. The number of nitrogens with two attached hydrogens (primary N) is 1. The molecule has 1 aliphatic carbocycles. The van der Waals surface area contributed by atoms with Crippen molar-refractivity contribution in [3.63, 3.8) is 0 Å². The summed E-state index contributed by atoms with van der Waals surface area (Å²) in [7, 11) is 0. The Bertz CT molecular complexity index is 389. The van der Waals surface area contributed by atoms with Crippen molar-refractivity contribution in [3.05, 3.63) is 29.3 Å². The van der Waals surface area contributed by atoms with E-state index >= 15 is 0 Å². The lowest BCUT2D eigenvalue weighted by Crippen LogP contribution is -2.15. The van der Waals surface area contributed by atoms with E-state index < -0.39 is 0 Å². The first-order valence-electron chi connectivity index (χ1n) is 7.15. The number of hydrogen-bond donors (Lipinski definition) is 1. The molecule has 1 saturated carbocycles. The van der Waals surface area contributed by atoms with Gasteiger partial charge in [0.25, 0.3) is 0 Å². The molecule has 0 spiro atoms. The first-order valence-corrected chi connectivity index (χ1v) is 8.03. The molecular weight excluding hydrogens is 238 g/mol. The molecule has 2 unspecified atom stereocenters. The fourth-order valence-corrected chi connectivity index (χ4v) is 4.37. The Kier molecular flexibility index (Phi) is 5.13. The van der Waals surface area contributed by atoms with Crippen LogP contribution in [0.2, 0.25) is 0 Å². The Hall–Kier alpha value is -0.470. The maximum atomic E-state index is 5.73. The van der Waals surface area contributed by atoms with E-state index in [1.165, 1.54) is 41.7 Å². The van der Waals surface area contributed by atoms with E-state index in [4.69, 9.17) is 5.73 Å². The number of rotatable bonds is 4. The molecule has 0 heterocycles. The summed E-state index contributed by atoms with van der Waals surface area (Å²) in [4.78, 5) is 1.46. The monoisotopic (exact) mass is 263 g/mol. The van der Waals surface area contributed by atoms with E-state index in [2.05, 4.69) is 43.8 Å². The molecule has 0 aromatic heterocycles. The molecule has 0 amide bonds. The quantitative estimate of drug-likeness (QED) is 0.882. The number of benzene rings is 1. The largest absolute Gasteiger partial charge is 0.330 e. The van der Waals surface area contributed by atoms with Gasteiger partial charge < -0.3 is 5.73 Å². The summed E-state index contributed by atoms with van der Waals surface area (Å²) in [5.74, 6) is 0.902. The van der Waals surface area contributed by atoms with Gasteiger partial charge in [-0.25, -0.2) is 0 Å². The molecule has 1 fully saturated rings. The van der Waals surface area contributed by atoms with Crippen LogP contribution in [0.4, 0.5) is 0 Å². The molecule has 2 N–H and O–H groups in total. The lowest BCUT2D eigenvalue weighted by Gasteiger charge is -2.27. The normalized spacial score (nSPS) is 24.2. The SMILES string of the molecule is Cc1ccc(SC2CCCC(C)C2)c(CCN)c1. The summed E-state index contributed by atoms with van der Waals surface area (Å²) in [6.07, 6.45) is 6.58. The zero-order valence-electron chi connectivity index (χ0n) is 11.6. The molecule has 1 aromatic carbocycles. The van der Waals surface area contributed by atoms with Crippen LogP contribution in [0.1, 0.15) is 43.7 Å². The molecular formula is C16H25NS. The topological polar surface area (TPSA) is 26.0 Å². The molecule has 0 bridgehead atoms. The first-order chi connectivity index (χ1) is 8.69. The highest BCUT2D eigenvalue weighted by molar-refractivity contribution is 8.00. The summed E-state index contributed by atoms with van der Waals surface area (Å²) >= 11 is 2.09. The van der Waals surface area contributed by atoms with Gasteiger partial charge in [-0.1, -0.05) is 37.5 Å². The van der Waals surface area contributed by atoms with Crippen LogP contribution >= 0.6 is 11.8 Å². The van der Waals surface area contributed by atoms with E-state index in [0.717, 1.165) is 24.1 Å². The van der Waals surface area contributed by atoms with Crippen LogP contribution in [0.5, 0.6) is 0 Å². The summed E-state index contributed by atoms with van der Waals surface area (Å²) in [6.45, 7) is 5.30. The smallest absolute Gasteiger partial charge is 0.0107 e. The molecule has 0 saturated heterocycles. The number of aryl methyl sites for hydroxylation is 1. The number of thioether (sulfide) groups is 1. The minimum Gasteiger partial charge on any atom is -0.330 e. The molecule has 1 aliphatic rings. The summed E-state index contributed by atoms with van der Waals surface area (Å²) in [5.41, 5.74) is 8.52. The highest BCUT2D eigenvalue weighted by Gasteiger charge is 2.20. The highest BCUT2D eigenvalue weighted by atomic mass is 32.2. The van der Waals surface area contributed by atoms with Gasteiger partial charge in [0.15, 0.2) is 0 Å². The second kappa shape index (κ2) is 6.63. The van der Waals surface area contributed by atoms with Gasteiger partial charge in [0.2, 0.25) is 0 Å². The van der Waals surface area contributed by atoms with Crippen molar-refractivity contribution in [2.45, 2.75) is 56.1 Å². The minimum absolute atomic E-state index is 0.748. The lowest BCUT2D eigenvalue weighted by atomic mass is 9.91. The van der Waals surface area contributed by atoms with Gasteiger partial charge in [0.05, 0.1) is 0 Å². The average molecular weight is 263 g/mol. The van der Waals surface area contributed by atoms with Crippen LogP contribution in [0.3, 0.4) is 0 Å². The van der Waals surface area contributed by atoms with Gasteiger partial charge in [-0.3, -0.25) is 0 Å². The predicted octanol–water partition coefficient (Wildman–Crippen LogP) is 4.17. The molecule has 2 atom stereocenters. The van der Waals surface area contributed by atoms with Crippen molar-refractivity contribution in [1.82, 2.24) is 0 Å². The van der Waals surface area contributed by atoms with Crippen LogP contribution in [-0.2, 0) is 6.42 Å². The van der Waals surface area contributed by atoms with Crippen LogP contribution in [-0.4, -0.2) is 11.8 Å². The van der Waals surface area contributed by atoms with Crippen molar-refractivity contribution in [3.8, 4) is 0 Å². The third kappa shape index (κ3) is 3.76. The van der Waals surface area contributed by atoms with Crippen molar-refractivity contribution < 1.29 is 0 Å². The van der Waals surface area contributed by atoms with E-state index in [1.807, 2.05) is 0 Å². The molecule has 0 radical (unpaired) electrons. The van der Waals surface area contributed by atoms with E-state index in [1.54, 1.807) is 0 Å². The van der Waals surface area contributed by atoms with E-state index in [9.17, 15) is 0 Å². The van der Waals surface area contributed by atoms with Crippen molar-refractivity contribution in [2.75, 3.05) is 6.54 Å². The summed E-state index contributed by atoms with van der Waals surface area (Å²) in [6, 6.07) is 6.83. The Balaban J connectivity index is 2.07. The van der Waals surface area contributed by atoms with Crippen LogP contribution < -0.4 is 5.73 Å². The van der Waals surface area contributed by atoms with Gasteiger partial charge in [0, 0.05) is 10.1 Å². The second-order valence-electron chi connectivity index (χ2n) is 5.66. The fourth-order valence-electron chi connectivity index (χ4n) is 2.84. The van der Waals surface area contributed by atoms with Gasteiger partial charge in [-0.05, 0) is 50.3 Å². The first kappa shape index (κ1) is 14.0. The van der Waals surface area contributed by atoms with Crippen molar-refractivity contribution in [1.29, 1.82) is 0 Å². The van der Waals surface area contributed by atoms with Crippen molar-refractivity contribution in [2.24, 2.45) is 11.7 Å². The van der Waals surface area contributed by atoms with Crippen molar-refractivity contribution >= 4 is 11.8 Å². The second-order valence-corrected chi connectivity index (χ2v) is 7.00. The minimum atomic E-state index is 0.748.